The number of nitrogens with zero attached hydrogens (tertiary/aromatic N) is 2. The van der Waals surface area contributed by atoms with Crippen LogP contribution >= 0.6 is 0 Å². The minimum Gasteiger partial charge on any atom is -0.473 e. The molecule has 0 saturated carbocycles. The lowest BCUT2D eigenvalue weighted by atomic mass is 10.0. The van der Waals surface area contributed by atoms with E-state index in [1.807, 2.05) is 19.1 Å². The number of aromatic nitrogens is 1. The van der Waals surface area contributed by atoms with Crippen molar-refractivity contribution in [1.82, 2.24) is 4.98 Å². The number of esters is 1. The highest BCUT2D eigenvalue weighted by atomic mass is 16.5. The number of aryl methyl sites for hydroxylation is 1. The van der Waals surface area contributed by atoms with Crippen molar-refractivity contribution in [3.63, 3.8) is 0 Å². The fraction of sp³-hybridized carbons (Fsp3) is 0.417. The molecule has 90 valence electrons. The fourth-order valence-corrected chi connectivity index (χ4v) is 1.77. The molecule has 0 bridgehead atoms. The van der Waals surface area contributed by atoms with E-state index in [4.69, 9.17) is 9.47 Å². The van der Waals surface area contributed by atoms with Crippen LogP contribution in [0, 0.1) is 6.92 Å². The summed E-state index contributed by atoms with van der Waals surface area (Å²) < 4.78 is 10.3. The van der Waals surface area contributed by atoms with Gasteiger partial charge in [0.25, 0.3) is 0 Å². The molecule has 0 N–H and O–H groups in total. The smallest absolute Gasteiger partial charge is 0.335 e. The van der Waals surface area contributed by atoms with Crippen molar-refractivity contribution >= 4 is 12.4 Å². The standard InChI is InChI=1S/C12H14N2O3/c1-3-16-12(15)10-11(17-7-14-10)9-5-4-6-13-8(9)2/h4-7,10-11H,3H2,1-2H3/t10-,11-/m1/s1. The molecule has 0 unspecified atom stereocenters. The highest BCUT2D eigenvalue weighted by molar-refractivity contribution is 5.80. The molecule has 0 saturated heterocycles. The lowest BCUT2D eigenvalue weighted by molar-refractivity contribution is -0.146. The molecule has 1 aromatic rings. The van der Waals surface area contributed by atoms with Crippen LogP contribution in [0.1, 0.15) is 24.3 Å². The van der Waals surface area contributed by atoms with Gasteiger partial charge in [0.05, 0.1) is 6.61 Å². The third kappa shape index (κ3) is 2.27. The van der Waals surface area contributed by atoms with E-state index < -0.39 is 12.1 Å². The molecule has 1 aliphatic rings. The van der Waals surface area contributed by atoms with E-state index in [2.05, 4.69) is 9.98 Å². The Kier molecular flexibility index (Phi) is 3.37. The maximum atomic E-state index is 11.7. The van der Waals surface area contributed by atoms with Gasteiger partial charge < -0.3 is 9.47 Å². The van der Waals surface area contributed by atoms with Crippen LogP contribution < -0.4 is 0 Å². The number of carbonyl (C=O) groups excluding carboxylic acids is 1. The Balaban J connectivity index is 2.22. The average molecular weight is 234 g/mol. The second kappa shape index (κ2) is 4.95. The molecule has 0 aliphatic carbocycles. The van der Waals surface area contributed by atoms with Crippen molar-refractivity contribution in [3.05, 3.63) is 29.6 Å². The summed E-state index contributed by atoms with van der Waals surface area (Å²) >= 11 is 0. The molecular weight excluding hydrogens is 220 g/mol. The van der Waals surface area contributed by atoms with E-state index in [9.17, 15) is 4.79 Å². The predicted molar refractivity (Wildman–Crippen MR) is 61.7 cm³/mol. The van der Waals surface area contributed by atoms with Crippen LogP contribution in [0.5, 0.6) is 0 Å². The van der Waals surface area contributed by atoms with Gasteiger partial charge in [-0.2, -0.15) is 0 Å². The maximum absolute atomic E-state index is 11.7. The van der Waals surface area contributed by atoms with Gasteiger partial charge in [-0.05, 0) is 19.9 Å². The monoisotopic (exact) mass is 234 g/mol. The minimum atomic E-state index is -0.627. The lowest BCUT2D eigenvalue weighted by Crippen LogP contribution is -2.26. The first kappa shape index (κ1) is 11.6. The molecule has 0 spiro atoms. The first-order valence-electron chi connectivity index (χ1n) is 5.49. The zero-order chi connectivity index (χ0) is 12.3. The molecule has 2 heterocycles. The number of aliphatic imine (C=N–C) groups is 1. The van der Waals surface area contributed by atoms with Crippen molar-refractivity contribution in [2.45, 2.75) is 26.0 Å². The quantitative estimate of drug-likeness (QED) is 0.742. The summed E-state index contributed by atoms with van der Waals surface area (Å²) in [5.74, 6) is -0.366. The van der Waals surface area contributed by atoms with E-state index in [0.717, 1.165) is 11.3 Å². The fourth-order valence-electron chi connectivity index (χ4n) is 1.77. The van der Waals surface area contributed by atoms with Gasteiger partial charge in [-0.25, -0.2) is 9.79 Å². The van der Waals surface area contributed by atoms with Crippen LogP contribution in [0.4, 0.5) is 0 Å². The summed E-state index contributed by atoms with van der Waals surface area (Å²) in [6, 6.07) is 3.07. The number of pyridine rings is 1. The summed E-state index contributed by atoms with van der Waals surface area (Å²) in [6.07, 6.45) is 2.58. The molecule has 0 amide bonds. The van der Waals surface area contributed by atoms with Gasteiger partial charge in [0, 0.05) is 17.5 Å². The Morgan fingerprint density at radius 3 is 3.12 bits per heavy atom. The van der Waals surface area contributed by atoms with Crippen molar-refractivity contribution in [3.8, 4) is 0 Å². The third-order valence-corrected chi connectivity index (χ3v) is 2.60. The molecule has 5 nitrogen and oxygen atoms in total. The number of hydrogen-bond donors (Lipinski definition) is 0. The SMILES string of the molecule is CCOC(=O)[C@@H]1N=CO[C@@H]1c1cccnc1C. The van der Waals surface area contributed by atoms with Gasteiger partial charge in [0.2, 0.25) is 0 Å². The number of hydrogen-bond acceptors (Lipinski definition) is 5. The summed E-state index contributed by atoms with van der Waals surface area (Å²) in [5.41, 5.74) is 1.69. The van der Waals surface area contributed by atoms with Crippen LogP contribution in [0.25, 0.3) is 0 Å². The molecule has 0 aromatic carbocycles. The highest BCUT2D eigenvalue weighted by Gasteiger charge is 2.36. The summed E-state index contributed by atoms with van der Waals surface area (Å²) in [6.45, 7) is 3.98. The summed E-state index contributed by atoms with van der Waals surface area (Å²) in [7, 11) is 0. The molecule has 2 rings (SSSR count). The zero-order valence-corrected chi connectivity index (χ0v) is 9.79. The largest absolute Gasteiger partial charge is 0.473 e. The Hall–Kier alpha value is -1.91. The maximum Gasteiger partial charge on any atom is 0.335 e. The third-order valence-electron chi connectivity index (χ3n) is 2.60. The van der Waals surface area contributed by atoms with Crippen LogP contribution in [-0.2, 0) is 14.3 Å². The Morgan fingerprint density at radius 1 is 1.59 bits per heavy atom. The highest BCUT2D eigenvalue weighted by Crippen LogP contribution is 2.29. The molecule has 5 heteroatoms. The first-order valence-corrected chi connectivity index (χ1v) is 5.49. The van der Waals surface area contributed by atoms with Crippen molar-refractivity contribution in [2.24, 2.45) is 4.99 Å². The minimum absolute atomic E-state index is 0.337. The molecule has 17 heavy (non-hydrogen) atoms. The van der Waals surface area contributed by atoms with Crippen molar-refractivity contribution < 1.29 is 14.3 Å². The lowest BCUT2D eigenvalue weighted by Gasteiger charge is -2.17. The summed E-state index contributed by atoms with van der Waals surface area (Å²) in [4.78, 5) is 19.9. The van der Waals surface area contributed by atoms with E-state index >= 15 is 0 Å². The van der Waals surface area contributed by atoms with E-state index in [1.54, 1.807) is 13.1 Å². The van der Waals surface area contributed by atoms with E-state index in [1.165, 1.54) is 6.40 Å². The first-order chi connectivity index (χ1) is 8.24. The van der Waals surface area contributed by atoms with Gasteiger partial charge in [-0.1, -0.05) is 6.07 Å². The van der Waals surface area contributed by atoms with Crippen molar-refractivity contribution in [2.75, 3.05) is 6.61 Å². The Labute approximate surface area is 99.5 Å². The van der Waals surface area contributed by atoms with E-state index in [-0.39, 0.29) is 5.97 Å². The number of rotatable bonds is 3. The Bertz CT molecular complexity index is 445. The van der Waals surface area contributed by atoms with Crippen molar-refractivity contribution in [1.29, 1.82) is 0 Å². The van der Waals surface area contributed by atoms with Gasteiger partial charge in [0.1, 0.15) is 0 Å². The predicted octanol–water partition coefficient (Wildman–Crippen LogP) is 1.42. The molecular formula is C12H14N2O3. The Morgan fingerprint density at radius 2 is 2.41 bits per heavy atom. The average Bonchev–Trinajstić information content (AvgIpc) is 2.79. The second-order valence-electron chi connectivity index (χ2n) is 3.69. The number of ether oxygens (including phenoxy) is 2. The molecule has 0 fully saturated rings. The molecule has 1 aliphatic heterocycles. The second-order valence-corrected chi connectivity index (χ2v) is 3.69. The normalized spacial score (nSPS) is 22.2. The topological polar surface area (TPSA) is 60.8 Å². The molecule has 1 aromatic heterocycles. The number of carbonyl (C=O) groups is 1. The molecule has 0 radical (unpaired) electrons. The zero-order valence-electron chi connectivity index (χ0n) is 9.79. The van der Waals surface area contributed by atoms with Crippen LogP contribution in [0.2, 0.25) is 0 Å². The van der Waals surface area contributed by atoms with Gasteiger partial charge in [0.15, 0.2) is 18.5 Å². The van der Waals surface area contributed by atoms with Crippen LogP contribution in [0.3, 0.4) is 0 Å². The van der Waals surface area contributed by atoms with Crippen LogP contribution in [0.15, 0.2) is 23.3 Å². The van der Waals surface area contributed by atoms with Gasteiger partial charge in [-0.3, -0.25) is 4.98 Å². The molecule has 2 atom stereocenters. The van der Waals surface area contributed by atoms with E-state index in [0.29, 0.717) is 6.61 Å². The van der Waals surface area contributed by atoms with Crippen LogP contribution in [-0.4, -0.2) is 30.0 Å². The van der Waals surface area contributed by atoms with Gasteiger partial charge in [-0.15, -0.1) is 0 Å². The van der Waals surface area contributed by atoms with Gasteiger partial charge >= 0.3 is 5.97 Å². The summed E-state index contributed by atoms with van der Waals surface area (Å²) in [5, 5.41) is 0.